The fourth-order valence-electron chi connectivity index (χ4n) is 1.69. The maximum Gasteiger partial charge on any atom is 0.0210 e. The molecule has 1 nitrogen and oxygen atoms in total. The van der Waals surface area contributed by atoms with Gasteiger partial charge in [0, 0.05) is 12.1 Å². The third-order valence-corrected chi connectivity index (χ3v) is 3.04. The number of hydrogen-bond donors (Lipinski definition) is 1. The Morgan fingerprint density at radius 1 is 1.23 bits per heavy atom. The molecule has 1 saturated carbocycles. The number of nitrogens with one attached hydrogen (secondary N) is 1. The van der Waals surface area contributed by atoms with Crippen molar-refractivity contribution < 1.29 is 0 Å². The molecule has 0 unspecified atom stereocenters. The summed E-state index contributed by atoms with van der Waals surface area (Å²) in [6.07, 6.45) is 3.98. The molecule has 0 heterocycles. The highest BCUT2D eigenvalue weighted by Crippen LogP contribution is 2.38. The summed E-state index contributed by atoms with van der Waals surface area (Å²) in [4.78, 5) is 0. The van der Waals surface area contributed by atoms with Crippen LogP contribution in [-0.4, -0.2) is 5.54 Å². The van der Waals surface area contributed by atoms with Crippen LogP contribution in [0.4, 0.5) is 0 Å². The van der Waals surface area contributed by atoms with Crippen molar-refractivity contribution in [2.75, 3.05) is 0 Å². The van der Waals surface area contributed by atoms with E-state index in [9.17, 15) is 0 Å². The first-order valence-corrected chi connectivity index (χ1v) is 5.14. The van der Waals surface area contributed by atoms with Crippen LogP contribution in [0.15, 0.2) is 30.3 Å². The average molecular weight is 175 g/mol. The van der Waals surface area contributed by atoms with Gasteiger partial charge in [0.05, 0.1) is 0 Å². The van der Waals surface area contributed by atoms with Gasteiger partial charge in [0.1, 0.15) is 0 Å². The minimum atomic E-state index is 0.496. The summed E-state index contributed by atoms with van der Waals surface area (Å²) in [5.41, 5.74) is 1.89. The van der Waals surface area contributed by atoms with Crippen LogP contribution in [-0.2, 0) is 6.54 Å². The second-order valence-corrected chi connectivity index (χ2v) is 3.97. The number of rotatable bonds is 4. The van der Waals surface area contributed by atoms with E-state index in [1.54, 1.807) is 0 Å². The molecule has 1 aliphatic carbocycles. The summed E-state index contributed by atoms with van der Waals surface area (Å²) in [7, 11) is 0. The predicted molar refractivity (Wildman–Crippen MR) is 55.5 cm³/mol. The van der Waals surface area contributed by atoms with Crippen LogP contribution >= 0.6 is 0 Å². The molecule has 0 bridgehead atoms. The van der Waals surface area contributed by atoms with E-state index < -0.39 is 0 Å². The monoisotopic (exact) mass is 175 g/mol. The first-order valence-electron chi connectivity index (χ1n) is 5.14. The maximum atomic E-state index is 3.64. The molecule has 0 aliphatic heterocycles. The molecule has 1 aromatic rings. The lowest BCUT2D eigenvalue weighted by Gasteiger charge is -2.14. The van der Waals surface area contributed by atoms with Gasteiger partial charge in [0.2, 0.25) is 0 Å². The van der Waals surface area contributed by atoms with Crippen molar-refractivity contribution in [2.45, 2.75) is 38.3 Å². The Kier molecular flexibility index (Phi) is 2.36. The van der Waals surface area contributed by atoms with Gasteiger partial charge in [-0.1, -0.05) is 37.3 Å². The Labute approximate surface area is 80.2 Å². The van der Waals surface area contributed by atoms with Gasteiger partial charge in [-0.2, -0.15) is 0 Å². The topological polar surface area (TPSA) is 12.0 Å². The zero-order valence-corrected chi connectivity index (χ0v) is 8.22. The molecule has 1 fully saturated rings. The van der Waals surface area contributed by atoms with Gasteiger partial charge in [-0.05, 0) is 24.8 Å². The molecule has 70 valence electrons. The van der Waals surface area contributed by atoms with E-state index in [4.69, 9.17) is 0 Å². The van der Waals surface area contributed by atoms with Gasteiger partial charge in [0.25, 0.3) is 0 Å². The quantitative estimate of drug-likeness (QED) is 0.742. The molecule has 1 aliphatic rings. The Bertz CT molecular complexity index is 262. The van der Waals surface area contributed by atoms with Crippen molar-refractivity contribution in [3.63, 3.8) is 0 Å². The highest BCUT2D eigenvalue weighted by molar-refractivity contribution is 5.15. The van der Waals surface area contributed by atoms with E-state index in [0.717, 1.165) is 6.54 Å². The van der Waals surface area contributed by atoms with Crippen LogP contribution < -0.4 is 5.32 Å². The maximum absolute atomic E-state index is 3.64. The first-order chi connectivity index (χ1) is 6.35. The standard InChI is InChI=1S/C12H17N/c1-2-12(8-9-12)13-10-11-6-4-3-5-7-11/h3-7,13H,2,8-10H2,1H3. The van der Waals surface area contributed by atoms with Gasteiger partial charge < -0.3 is 5.32 Å². The minimum Gasteiger partial charge on any atom is -0.307 e. The molecule has 0 radical (unpaired) electrons. The van der Waals surface area contributed by atoms with Crippen LogP contribution in [0, 0.1) is 0 Å². The molecular weight excluding hydrogens is 158 g/mol. The fraction of sp³-hybridized carbons (Fsp3) is 0.500. The smallest absolute Gasteiger partial charge is 0.0210 e. The fourth-order valence-corrected chi connectivity index (χ4v) is 1.69. The van der Waals surface area contributed by atoms with Crippen molar-refractivity contribution >= 4 is 0 Å². The zero-order valence-electron chi connectivity index (χ0n) is 8.22. The van der Waals surface area contributed by atoms with Crippen LogP contribution in [0.1, 0.15) is 31.7 Å². The minimum absolute atomic E-state index is 0.496. The molecule has 0 spiro atoms. The lowest BCUT2D eigenvalue weighted by Crippen LogP contribution is -2.29. The van der Waals surface area contributed by atoms with E-state index in [2.05, 4.69) is 42.6 Å². The van der Waals surface area contributed by atoms with Gasteiger partial charge in [-0.3, -0.25) is 0 Å². The highest BCUT2D eigenvalue weighted by atomic mass is 15.0. The van der Waals surface area contributed by atoms with E-state index in [0.29, 0.717) is 5.54 Å². The summed E-state index contributed by atoms with van der Waals surface area (Å²) >= 11 is 0. The molecule has 1 heteroatoms. The largest absolute Gasteiger partial charge is 0.307 e. The van der Waals surface area contributed by atoms with Crippen molar-refractivity contribution in [3.8, 4) is 0 Å². The molecule has 0 amide bonds. The Hall–Kier alpha value is -0.820. The van der Waals surface area contributed by atoms with E-state index in [1.165, 1.54) is 24.8 Å². The van der Waals surface area contributed by atoms with Gasteiger partial charge in [0.15, 0.2) is 0 Å². The van der Waals surface area contributed by atoms with E-state index >= 15 is 0 Å². The second-order valence-electron chi connectivity index (χ2n) is 3.97. The van der Waals surface area contributed by atoms with Gasteiger partial charge in [-0.15, -0.1) is 0 Å². The third kappa shape index (κ3) is 2.10. The van der Waals surface area contributed by atoms with E-state index in [-0.39, 0.29) is 0 Å². The molecule has 0 atom stereocenters. The second kappa shape index (κ2) is 3.51. The Balaban J connectivity index is 1.86. The predicted octanol–water partition coefficient (Wildman–Crippen LogP) is 2.72. The normalized spacial score (nSPS) is 18.5. The van der Waals surface area contributed by atoms with Crippen LogP contribution in [0.3, 0.4) is 0 Å². The van der Waals surface area contributed by atoms with Crippen LogP contribution in [0.25, 0.3) is 0 Å². The highest BCUT2D eigenvalue weighted by Gasteiger charge is 2.39. The van der Waals surface area contributed by atoms with Crippen LogP contribution in [0.2, 0.25) is 0 Å². The molecule has 13 heavy (non-hydrogen) atoms. The van der Waals surface area contributed by atoms with Crippen molar-refractivity contribution in [1.29, 1.82) is 0 Å². The summed E-state index contributed by atoms with van der Waals surface area (Å²) in [6, 6.07) is 10.6. The van der Waals surface area contributed by atoms with Crippen LogP contribution in [0.5, 0.6) is 0 Å². The summed E-state index contributed by atoms with van der Waals surface area (Å²) in [6.45, 7) is 3.29. The van der Waals surface area contributed by atoms with Crippen molar-refractivity contribution in [3.05, 3.63) is 35.9 Å². The zero-order chi connectivity index (χ0) is 9.15. The summed E-state index contributed by atoms with van der Waals surface area (Å²) in [5, 5.41) is 3.64. The molecule has 2 rings (SSSR count). The Morgan fingerprint density at radius 2 is 1.92 bits per heavy atom. The van der Waals surface area contributed by atoms with Gasteiger partial charge in [-0.25, -0.2) is 0 Å². The number of benzene rings is 1. The lowest BCUT2D eigenvalue weighted by atomic mass is 10.1. The lowest BCUT2D eigenvalue weighted by molar-refractivity contribution is 0.482. The summed E-state index contributed by atoms with van der Waals surface area (Å²) in [5.74, 6) is 0. The summed E-state index contributed by atoms with van der Waals surface area (Å²) < 4.78 is 0. The molecular formula is C12H17N. The number of hydrogen-bond acceptors (Lipinski definition) is 1. The first kappa shape index (κ1) is 8.76. The SMILES string of the molecule is CCC1(NCc2ccccc2)CC1. The third-order valence-electron chi connectivity index (χ3n) is 3.04. The van der Waals surface area contributed by atoms with Crippen molar-refractivity contribution in [1.82, 2.24) is 5.32 Å². The average Bonchev–Trinajstić information content (AvgIpc) is 2.97. The Morgan fingerprint density at radius 3 is 2.46 bits per heavy atom. The molecule has 0 aromatic heterocycles. The van der Waals surface area contributed by atoms with Crippen molar-refractivity contribution in [2.24, 2.45) is 0 Å². The van der Waals surface area contributed by atoms with E-state index in [1.807, 2.05) is 0 Å². The molecule has 0 saturated heterocycles. The van der Waals surface area contributed by atoms with Gasteiger partial charge >= 0.3 is 0 Å². The molecule has 1 N–H and O–H groups in total. The molecule has 1 aromatic carbocycles.